The monoisotopic (exact) mass is 324 g/mol. The van der Waals surface area contributed by atoms with Crippen LogP contribution in [0.4, 0.5) is 10.5 Å². The molecule has 0 saturated carbocycles. The first-order valence-corrected chi connectivity index (χ1v) is 8.29. The van der Waals surface area contributed by atoms with Gasteiger partial charge in [-0.1, -0.05) is 6.07 Å². The summed E-state index contributed by atoms with van der Waals surface area (Å²) in [5, 5.41) is 0. The summed E-state index contributed by atoms with van der Waals surface area (Å²) in [6.45, 7) is 5.14. The minimum atomic E-state index is -0.220. The van der Waals surface area contributed by atoms with E-state index in [4.69, 9.17) is 4.74 Å². The standard InChI is InChI=1S/C18H20N4O2/c1-2-24-18(23)21-11-9-20(10-12-21)15-6-3-7-16-17(15)19-13-14-5-4-8-22(14)16/h3-8,13H,2,9-12H2,1H3. The number of anilines is 1. The number of benzene rings is 1. The van der Waals surface area contributed by atoms with Crippen molar-refractivity contribution in [2.75, 3.05) is 37.7 Å². The number of aromatic nitrogens is 2. The number of rotatable bonds is 2. The lowest BCUT2D eigenvalue weighted by Gasteiger charge is -2.35. The highest BCUT2D eigenvalue weighted by molar-refractivity contribution is 5.90. The lowest BCUT2D eigenvalue weighted by Crippen LogP contribution is -2.49. The topological polar surface area (TPSA) is 50.1 Å². The molecule has 0 unspecified atom stereocenters. The number of hydrogen-bond acceptors (Lipinski definition) is 4. The molecule has 3 aromatic rings. The second-order valence-corrected chi connectivity index (χ2v) is 5.88. The van der Waals surface area contributed by atoms with Gasteiger partial charge in [0.05, 0.1) is 29.5 Å². The summed E-state index contributed by atoms with van der Waals surface area (Å²) in [6, 6.07) is 10.3. The van der Waals surface area contributed by atoms with Crippen LogP contribution in [0.15, 0.2) is 42.7 Å². The third-order valence-corrected chi connectivity index (χ3v) is 4.51. The molecule has 1 aromatic carbocycles. The van der Waals surface area contributed by atoms with Crippen LogP contribution in [0.5, 0.6) is 0 Å². The second-order valence-electron chi connectivity index (χ2n) is 5.88. The van der Waals surface area contributed by atoms with E-state index in [1.54, 1.807) is 4.90 Å². The summed E-state index contributed by atoms with van der Waals surface area (Å²) in [7, 11) is 0. The summed E-state index contributed by atoms with van der Waals surface area (Å²) in [5.41, 5.74) is 4.30. The van der Waals surface area contributed by atoms with Crippen molar-refractivity contribution in [3.05, 3.63) is 42.7 Å². The molecule has 3 heterocycles. The van der Waals surface area contributed by atoms with Crippen LogP contribution < -0.4 is 4.90 Å². The highest BCUT2D eigenvalue weighted by Gasteiger charge is 2.23. The van der Waals surface area contributed by atoms with E-state index >= 15 is 0 Å². The molecule has 1 fully saturated rings. The van der Waals surface area contributed by atoms with Crippen LogP contribution in [0.1, 0.15) is 6.92 Å². The first kappa shape index (κ1) is 14.8. The van der Waals surface area contributed by atoms with Gasteiger partial charge in [0, 0.05) is 32.4 Å². The molecule has 0 spiro atoms. The van der Waals surface area contributed by atoms with Gasteiger partial charge in [0.2, 0.25) is 0 Å². The van der Waals surface area contributed by atoms with Crippen LogP contribution in [-0.4, -0.2) is 53.2 Å². The Morgan fingerprint density at radius 2 is 2.00 bits per heavy atom. The average Bonchev–Trinajstić information content (AvgIpc) is 3.11. The lowest BCUT2D eigenvalue weighted by molar-refractivity contribution is 0.105. The van der Waals surface area contributed by atoms with Crippen molar-refractivity contribution in [3.63, 3.8) is 0 Å². The smallest absolute Gasteiger partial charge is 0.409 e. The van der Waals surface area contributed by atoms with Gasteiger partial charge < -0.3 is 18.9 Å². The van der Waals surface area contributed by atoms with E-state index in [1.807, 2.05) is 19.2 Å². The van der Waals surface area contributed by atoms with Gasteiger partial charge in [-0.2, -0.15) is 0 Å². The Hall–Kier alpha value is -2.76. The number of ether oxygens (including phenoxy) is 1. The maximum absolute atomic E-state index is 11.8. The van der Waals surface area contributed by atoms with E-state index in [0.717, 1.165) is 35.3 Å². The average molecular weight is 324 g/mol. The maximum atomic E-state index is 11.8. The molecule has 0 atom stereocenters. The third kappa shape index (κ3) is 2.44. The molecular formula is C18H20N4O2. The van der Waals surface area contributed by atoms with Gasteiger partial charge in [-0.05, 0) is 31.2 Å². The fourth-order valence-electron chi connectivity index (χ4n) is 3.30. The molecule has 4 rings (SSSR count). The van der Waals surface area contributed by atoms with E-state index in [1.165, 1.54) is 0 Å². The number of amides is 1. The summed E-state index contributed by atoms with van der Waals surface area (Å²) >= 11 is 0. The number of fused-ring (bicyclic) bond motifs is 3. The number of hydrogen-bond donors (Lipinski definition) is 0. The Morgan fingerprint density at radius 3 is 2.79 bits per heavy atom. The van der Waals surface area contributed by atoms with Gasteiger partial charge in [-0.25, -0.2) is 4.79 Å². The molecule has 0 N–H and O–H groups in total. The molecule has 6 heteroatoms. The number of para-hydroxylation sites is 1. The minimum Gasteiger partial charge on any atom is -0.450 e. The summed E-state index contributed by atoms with van der Waals surface area (Å²) in [4.78, 5) is 20.6. The minimum absolute atomic E-state index is 0.220. The van der Waals surface area contributed by atoms with Crippen molar-refractivity contribution in [3.8, 4) is 0 Å². The summed E-state index contributed by atoms with van der Waals surface area (Å²) < 4.78 is 7.24. The number of carbonyl (C=O) groups excluding carboxylic acids is 1. The summed E-state index contributed by atoms with van der Waals surface area (Å²) in [5.74, 6) is 0. The zero-order chi connectivity index (χ0) is 16.5. The molecule has 24 heavy (non-hydrogen) atoms. The van der Waals surface area contributed by atoms with Gasteiger partial charge in [-0.3, -0.25) is 4.98 Å². The van der Waals surface area contributed by atoms with Crippen LogP contribution in [0, 0.1) is 0 Å². The number of nitrogens with zero attached hydrogens (tertiary/aromatic N) is 4. The Morgan fingerprint density at radius 1 is 1.17 bits per heavy atom. The van der Waals surface area contributed by atoms with Gasteiger partial charge in [0.15, 0.2) is 0 Å². The zero-order valence-electron chi connectivity index (χ0n) is 13.7. The summed E-state index contributed by atoms with van der Waals surface area (Å²) in [6.07, 6.45) is 3.74. The largest absolute Gasteiger partial charge is 0.450 e. The quantitative estimate of drug-likeness (QED) is 0.727. The fraction of sp³-hybridized carbons (Fsp3) is 0.333. The molecule has 1 aliphatic rings. The van der Waals surface area contributed by atoms with Crippen LogP contribution in [0.2, 0.25) is 0 Å². The molecule has 2 aromatic heterocycles. The zero-order valence-corrected chi connectivity index (χ0v) is 13.7. The van der Waals surface area contributed by atoms with Gasteiger partial charge in [-0.15, -0.1) is 0 Å². The van der Waals surface area contributed by atoms with Crippen molar-refractivity contribution in [2.24, 2.45) is 0 Å². The molecule has 0 radical (unpaired) electrons. The second kappa shape index (κ2) is 6.03. The van der Waals surface area contributed by atoms with E-state index in [9.17, 15) is 4.79 Å². The van der Waals surface area contributed by atoms with E-state index in [0.29, 0.717) is 19.7 Å². The Bertz CT molecular complexity index is 881. The maximum Gasteiger partial charge on any atom is 0.409 e. The predicted octanol–water partition coefficient (Wildman–Crippen LogP) is 2.77. The molecular weight excluding hydrogens is 304 g/mol. The van der Waals surface area contributed by atoms with Crippen molar-refractivity contribution >= 4 is 28.3 Å². The lowest BCUT2D eigenvalue weighted by atomic mass is 10.2. The molecule has 0 bridgehead atoms. The van der Waals surface area contributed by atoms with Gasteiger partial charge >= 0.3 is 6.09 Å². The molecule has 1 amide bonds. The number of piperazine rings is 1. The van der Waals surface area contributed by atoms with Crippen molar-refractivity contribution in [2.45, 2.75) is 6.92 Å². The Labute approximate surface area is 140 Å². The van der Waals surface area contributed by atoms with Crippen molar-refractivity contribution in [1.82, 2.24) is 14.3 Å². The first-order chi connectivity index (χ1) is 11.8. The Balaban J connectivity index is 1.62. The molecule has 124 valence electrons. The van der Waals surface area contributed by atoms with E-state index < -0.39 is 0 Å². The van der Waals surface area contributed by atoms with Crippen LogP contribution in [0.25, 0.3) is 16.6 Å². The number of carbonyl (C=O) groups is 1. The molecule has 1 saturated heterocycles. The fourth-order valence-corrected chi connectivity index (χ4v) is 3.30. The van der Waals surface area contributed by atoms with E-state index in [2.05, 4.69) is 44.7 Å². The van der Waals surface area contributed by atoms with Crippen molar-refractivity contribution < 1.29 is 9.53 Å². The highest BCUT2D eigenvalue weighted by atomic mass is 16.6. The predicted molar refractivity (Wildman–Crippen MR) is 93.5 cm³/mol. The third-order valence-electron chi connectivity index (χ3n) is 4.51. The molecule has 1 aliphatic heterocycles. The first-order valence-electron chi connectivity index (χ1n) is 8.29. The van der Waals surface area contributed by atoms with Crippen molar-refractivity contribution in [1.29, 1.82) is 0 Å². The Kier molecular flexibility index (Phi) is 3.72. The van der Waals surface area contributed by atoms with E-state index in [-0.39, 0.29) is 6.09 Å². The highest BCUT2D eigenvalue weighted by Crippen LogP contribution is 2.27. The normalized spacial score (nSPS) is 15.2. The van der Waals surface area contributed by atoms with Gasteiger partial charge in [0.25, 0.3) is 0 Å². The van der Waals surface area contributed by atoms with Crippen LogP contribution in [0.3, 0.4) is 0 Å². The molecule has 6 nitrogen and oxygen atoms in total. The van der Waals surface area contributed by atoms with Crippen LogP contribution in [-0.2, 0) is 4.74 Å². The van der Waals surface area contributed by atoms with Gasteiger partial charge in [0.1, 0.15) is 5.52 Å². The molecule has 0 aliphatic carbocycles. The van der Waals surface area contributed by atoms with Crippen LogP contribution >= 0.6 is 0 Å². The SMILES string of the molecule is CCOC(=O)N1CCN(c2cccc3c2ncc2cccn23)CC1.